The van der Waals surface area contributed by atoms with Crippen molar-refractivity contribution >= 4 is 47.9 Å². The van der Waals surface area contributed by atoms with Gasteiger partial charge in [-0.05, 0) is 86.8 Å². The Balaban J connectivity index is 0.000000204. The molecule has 0 unspecified atom stereocenters. The van der Waals surface area contributed by atoms with E-state index in [0.29, 0.717) is 57.4 Å². The molecule has 3 aromatic heterocycles. The summed E-state index contributed by atoms with van der Waals surface area (Å²) in [6, 6.07) is 18.0. The Morgan fingerprint density at radius 3 is 2.12 bits per heavy atom. The number of fused-ring (bicyclic) bond motifs is 2. The summed E-state index contributed by atoms with van der Waals surface area (Å²) in [5, 5.41) is 1.97. The van der Waals surface area contributed by atoms with Crippen LogP contribution in [-0.2, 0) is 36.2 Å². The number of aryl methyl sites for hydroxylation is 2. The summed E-state index contributed by atoms with van der Waals surface area (Å²) >= 11 is 1.19. The third-order valence-corrected chi connectivity index (χ3v) is 13.1. The van der Waals surface area contributed by atoms with Gasteiger partial charge in [0.25, 0.3) is 11.1 Å². The minimum atomic E-state index is -4.49. The van der Waals surface area contributed by atoms with E-state index in [0.717, 1.165) is 45.7 Å². The molecule has 1 aliphatic rings. The van der Waals surface area contributed by atoms with Gasteiger partial charge in [-0.2, -0.15) is 13.2 Å². The van der Waals surface area contributed by atoms with E-state index in [2.05, 4.69) is 9.89 Å². The second kappa shape index (κ2) is 17.4. The van der Waals surface area contributed by atoms with Gasteiger partial charge < -0.3 is 29.2 Å². The van der Waals surface area contributed by atoms with Crippen LogP contribution in [0.25, 0.3) is 43.1 Å². The Morgan fingerprint density at radius 1 is 0.881 bits per heavy atom. The van der Waals surface area contributed by atoms with Gasteiger partial charge in [0.1, 0.15) is 27.2 Å². The molecule has 59 heavy (non-hydrogen) atoms. The third-order valence-electron chi connectivity index (χ3n) is 10.2. The zero-order valence-corrected chi connectivity index (χ0v) is 35.2. The van der Waals surface area contributed by atoms with Gasteiger partial charge >= 0.3 is 6.18 Å². The van der Waals surface area contributed by atoms with Crippen LogP contribution in [0.15, 0.2) is 93.7 Å². The second-order valence-electron chi connectivity index (χ2n) is 14.6. The van der Waals surface area contributed by atoms with Crippen molar-refractivity contribution in [3.8, 4) is 33.8 Å². The molecule has 16 heteroatoms. The van der Waals surface area contributed by atoms with Crippen molar-refractivity contribution in [3.63, 3.8) is 0 Å². The lowest BCUT2D eigenvalue weighted by Crippen LogP contribution is -2.27. The van der Waals surface area contributed by atoms with Crippen LogP contribution in [0.3, 0.4) is 0 Å². The van der Waals surface area contributed by atoms with E-state index in [4.69, 9.17) is 15.2 Å². The predicted molar refractivity (Wildman–Crippen MR) is 230 cm³/mol. The number of amidine groups is 1. The van der Waals surface area contributed by atoms with Gasteiger partial charge in [-0.1, -0.05) is 30.3 Å². The first-order valence-electron chi connectivity index (χ1n) is 18.8. The van der Waals surface area contributed by atoms with Crippen LogP contribution in [0.2, 0.25) is 0 Å². The number of sulfone groups is 1. The topological polar surface area (TPSA) is 138 Å². The minimum Gasteiger partial charge on any atom is -0.496 e. The molecule has 0 spiro atoms. The number of ether oxygens (including phenoxy) is 2. The molecule has 1 fully saturated rings. The maximum absolute atomic E-state index is 13.3. The molecule has 0 amide bonds. The van der Waals surface area contributed by atoms with Gasteiger partial charge in [0.2, 0.25) is 0 Å². The molecule has 1 saturated heterocycles. The summed E-state index contributed by atoms with van der Waals surface area (Å²) in [6.07, 6.45) is -0.290. The fourth-order valence-corrected chi connectivity index (χ4v) is 9.69. The second-order valence-corrected chi connectivity index (χ2v) is 17.9. The molecule has 0 aliphatic carbocycles. The monoisotopic (exact) mass is 849 g/mol. The zero-order valence-electron chi connectivity index (χ0n) is 33.6. The lowest BCUT2D eigenvalue weighted by molar-refractivity contribution is -0.137. The standard InChI is InChI=1S/C22H22F3N3O3S2.C21H24N2O3/c1-2-28-12-17(13-4-3-5-14(10-13)22(23,24)25)19-16(21(28)29)11-18(32-19)20(26)27-15-6-8-33(30,31)9-7-15;1-22(2)12-18-19(25-4)10-14(11-20(18)26-5)17-13-23(3)21(24)16-9-7-6-8-15(16)17/h3-5,10-12,15H,2,6-9H2,1H3,(H2,26,27);6-11,13H,12H2,1-5H3. The normalized spacial score (nSPS) is 14.7. The van der Waals surface area contributed by atoms with E-state index in [1.54, 1.807) is 51.1 Å². The number of nitrogens with two attached hydrogens (primary N) is 1. The summed E-state index contributed by atoms with van der Waals surface area (Å²) in [4.78, 5) is 32.4. The van der Waals surface area contributed by atoms with Gasteiger partial charge in [-0.25, -0.2) is 8.42 Å². The summed E-state index contributed by atoms with van der Waals surface area (Å²) in [7, 11) is 6.08. The number of benzene rings is 3. The highest BCUT2D eigenvalue weighted by molar-refractivity contribution is 7.91. The summed E-state index contributed by atoms with van der Waals surface area (Å²) < 4.78 is 78.0. The van der Waals surface area contributed by atoms with Gasteiger partial charge in [0, 0.05) is 53.7 Å². The van der Waals surface area contributed by atoms with Crippen molar-refractivity contribution < 1.29 is 31.1 Å². The molecular formula is C43H46F3N5O6S2. The van der Waals surface area contributed by atoms with Crippen molar-refractivity contribution in [1.82, 2.24) is 14.0 Å². The number of rotatable bonds is 9. The number of hydrogen-bond acceptors (Lipinski definition) is 9. The molecule has 312 valence electrons. The van der Waals surface area contributed by atoms with E-state index in [1.165, 1.54) is 22.0 Å². The summed E-state index contributed by atoms with van der Waals surface area (Å²) in [5.41, 5.74) is 8.93. The molecular weight excluding hydrogens is 804 g/mol. The maximum Gasteiger partial charge on any atom is 0.416 e. The number of alkyl halides is 3. The van der Waals surface area contributed by atoms with Crippen LogP contribution in [0, 0.1) is 0 Å². The first-order chi connectivity index (χ1) is 27.9. The highest BCUT2D eigenvalue weighted by Gasteiger charge is 2.31. The fraction of sp³-hybridized carbons (Fsp3) is 0.326. The molecule has 0 radical (unpaired) electrons. The first kappa shape index (κ1) is 43.1. The van der Waals surface area contributed by atoms with Crippen molar-refractivity contribution in [1.29, 1.82) is 0 Å². The van der Waals surface area contributed by atoms with E-state index < -0.39 is 21.6 Å². The number of aromatic nitrogens is 2. The maximum atomic E-state index is 13.3. The van der Waals surface area contributed by atoms with Crippen molar-refractivity contribution in [2.24, 2.45) is 17.8 Å². The molecule has 3 aromatic carbocycles. The number of methoxy groups -OCH3 is 2. The molecule has 7 rings (SSSR count). The van der Waals surface area contributed by atoms with E-state index >= 15 is 0 Å². The Kier molecular flexibility index (Phi) is 12.7. The molecule has 11 nitrogen and oxygen atoms in total. The fourth-order valence-electron chi connectivity index (χ4n) is 7.13. The van der Waals surface area contributed by atoms with Crippen molar-refractivity contribution in [3.05, 3.63) is 116 Å². The molecule has 1 aliphatic heterocycles. The lowest BCUT2D eigenvalue weighted by Gasteiger charge is -2.19. The molecule has 0 bridgehead atoms. The molecule has 4 heterocycles. The Bertz CT molecular complexity index is 2750. The van der Waals surface area contributed by atoms with Crippen LogP contribution in [0.4, 0.5) is 13.2 Å². The number of halogens is 3. The quantitative estimate of drug-likeness (QED) is 0.118. The molecule has 0 saturated carbocycles. The van der Waals surface area contributed by atoms with E-state index in [9.17, 15) is 31.2 Å². The predicted octanol–water partition coefficient (Wildman–Crippen LogP) is 7.34. The van der Waals surface area contributed by atoms with Gasteiger partial charge in [-0.15, -0.1) is 11.3 Å². The SMILES string of the molecule is CCn1cc(-c2cccc(C(F)(F)F)c2)c2sc(C(N)=NC3CCS(=O)(=O)CC3)cc2c1=O.COc1cc(-c2cn(C)c(=O)c3ccccc23)cc(OC)c1CN(C)C. The number of thiophene rings is 1. The Morgan fingerprint density at radius 2 is 1.53 bits per heavy atom. The largest absolute Gasteiger partial charge is 0.496 e. The Labute approximate surface area is 344 Å². The van der Waals surface area contributed by atoms with E-state index in [-0.39, 0.29) is 34.5 Å². The van der Waals surface area contributed by atoms with Crippen molar-refractivity contribution in [2.45, 2.75) is 45.1 Å². The van der Waals surface area contributed by atoms with Crippen LogP contribution >= 0.6 is 11.3 Å². The highest BCUT2D eigenvalue weighted by Crippen LogP contribution is 2.39. The van der Waals surface area contributed by atoms with Crippen LogP contribution < -0.4 is 26.3 Å². The smallest absolute Gasteiger partial charge is 0.416 e. The lowest BCUT2D eigenvalue weighted by atomic mass is 9.98. The van der Waals surface area contributed by atoms with Crippen molar-refractivity contribution in [2.75, 3.05) is 39.8 Å². The molecule has 0 atom stereocenters. The van der Waals surface area contributed by atoms with Gasteiger partial charge in [0.15, 0.2) is 0 Å². The van der Waals surface area contributed by atoms with Crippen LogP contribution in [-0.4, -0.2) is 74.2 Å². The highest BCUT2D eigenvalue weighted by atomic mass is 32.2. The Hall–Kier alpha value is -5.45. The number of hydrogen-bond donors (Lipinski definition) is 1. The first-order valence-corrected chi connectivity index (χ1v) is 21.5. The minimum absolute atomic E-state index is 0.00694. The average Bonchev–Trinajstić information content (AvgIpc) is 3.67. The average molecular weight is 850 g/mol. The van der Waals surface area contributed by atoms with Crippen LogP contribution in [0.5, 0.6) is 11.5 Å². The number of pyridine rings is 2. The molecule has 2 N–H and O–H groups in total. The zero-order chi connectivity index (χ0) is 42.8. The third kappa shape index (κ3) is 9.40. The van der Waals surface area contributed by atoms with Crippen LogP contribution in [0.1, 0.15) is 35.8 Å². The number of nitrogens with zero attached hydrogens (tertiary/aromatic N) is 4. The van der Waals surface area contributed by atoms with E-state index in [1.807, 2.05) is 56.7 Å². The van der Waals surface area contributed by atoms with Gasteiger partial charge in [-0.3, -0.25) is 14.6 Å². The molecule has 6 aromatic rings. The van der Waals surface area contributed by atoms with Gasteiger partial charge in [0.05, 0.1) is 53.2 Å². The summed E-state index contributed by atoms with van der Waals surface area (Å²) in [6.45, 7) is 2.84. The number of aliphatic imine (C=N–C) groups is 1. The summed E-state index contributed by atoms with van der Waals surface area (Å²) in [5.74, 6) is 1.85.